The third kappa shape index (κ3) is 1.89. The molecule has 3 rings (SSSR count). The van der Waals surface area contributed by atoms with E-state index in [4.69, 9.17) is 5.11 Å². The Bertz CT molecular complexity index is 690. The fourth-order valence-electron chi connectivity index (χ4n) is 2.13. The van der Waals surface area contributed by atoms with Gasteiger partial charge >= 0.3 is 5.97 Å². The van der Waals surface area contributed by atoms with Gasteiger partial charge in [0.05, 0.1) is 16.9 Å². The number of hydrogen-bond acceptors (Lipinski definition) is 4. The molecule has 0 radical (unpaired) electrons. The summed E-state index contributed by atoms with van der Waals surface area (Å²) in [6.45, 7) is 1.82. The Morgan fingerprint density at radius 2 is 1.95 bits per heavy atom. The molecule has 2 aromatic rings. The molecule has 102 valence electrons. The molecule has 0 unspecified atom stereocenters. The van der Waals surface area contributed by atoms with E-state index in [1.54, 1.807) is 12.1 Å². The SMILES string of the molecule is Cc1[nH]nc2c1N[C@@H](c1ccc(C(=O)O)cc1)NC2=O. The Kier molecular flexibility index (Phi) is 2.67. The van der Waals surface area contributed by atoms with Crippen molar-refractivity contribution < 1.29 is 14.7 Å². The van der Waals surface area contributed by atoms with Crippen LogP contribution in [0.15, 0.2) is 24.3 Å². The molecule has 7 nitrogen and oxygen atoms in total. The number of aromatic nitrogens is 2. The number of amides is 1. The number of anilines is 1. The highest BCUT2D eigenvalue weighted by Gasteiger charge is 2.28. The molecule has 4 N–H and O–H groups in total. The van der Waals surface area contributed by atoms with Gasteiger partial charge in [0.2, 0.25) is 0 Å². The summed E-state index contributed by atoms with van der Waals surface area (Å²) in [4.78, 5) is 22.7. The molecule has 2 heterocycles. The number of aromatic amines is 1. The smallest absolute Gasteiger partial charge is 0.335 e. The first-order chi connectivity index (χ1) is 9.56. The molecule has 0 fully saturated rings. The van der Waals surface area contributed by atoms with Gasteiger partial charge in [-0.1, -0.05) is 12.1 Å². The highest BCUT2D eigenvalue weighted by Crippen LogP contribution is 2.27. The van der Waals surface area contributed by atoms with E-state index in [2.05, 4.69) is 20.8 Å². The van der Waals surface area contributed by atoms with E-state index < -0.39 is 12.1 Å². The van der Waals surface area contributed by atoms with Crippen molar-refractivity contribution in [3.8, 4) is 0 Å². The summed E-state index contributed by atoms with van der Waals surface area (Å²) in [5.41, 5.74) is 2.76. The summed E-state index contributed by atoms with van der Waals surface area (Å²) in [6, 6.07) is 6.34. The van der Waals surface area contributed by atoms with Crippen molar-refractivity contribution >= 4 is 17.6 Å². The van der Waals surface area contributed by atoms with E-state index in [-0.39, 0.29) is 11.5 Å². The first-order valence-corrected chi connectivity index (χ1v) is 6.02. The van der Waals surface area contributed by atoms with Crippen molar-refractivity contribution in [2.45, 2.75) is 13.1 Å². The Balaban J connectivity index is 1.91. The molecule has 1 amide bonds. The molecule has 20 heavy (non-hydrogen) atoms. The lowest BCUT2D eigenvalue weighted by Crippen LogP contribution is -2.38. The number of aromatic carboxylic acids is 1. The van der Waals surface area contributed by atoms with Gasteiger partial charge in [-0.15, -0.1) is 0 Å². The number of carbonyl (C=O) groups excluding carboxylic acids is 1. The zero-order chi connectivity index (χ0) is 14.3. The standard InChI is InChI=1S/C13H12N4O3/c1-6-9-10(17-16-6)12(18)15-11(14-9)7-2-4-8(5-3-7)13(19)20/h2-5,11,14H,1H3,(H,15,18)(H,16,17)(H,19,20)/t11-/m1/s1. The molecule has 0 bridgehead atoms. The summed E-state index contributed by atoms with van der Waals surface area (Å²) < 4.78 is 0. The van der Waals surface area contributed by atoms with Gasteiger partial charge in [0.1, 0.15) is 6.17 Å². The van der Waals surface area contributed by atoms with E-state index in [0.717, 1.165) is 11.3 Å². The van der Waals surface area contributed by atoms with Crippen LogP contribution >= 0.6 is 0 Å². The maximum Gasteiger partial charge on any atom is 0.335 e. The zero-order valence-corrected chi connectivity index (χ0v) is 10.6. The molecular weight excluding hydrogens is 260 g/mol. The number of carboxylic acid groups (broad SMARTS) is 1. The molecular formula is C13H12N4O3. The van der Waals surface area contributed by atoms with E-state index in [9.17, 15) is 9.59 Å². The molecule has 1 aromatic carbocycles. The number of benzene rings is 1. The average Bonchev–Trinajstić information content (AvgIpc) is 2.81. The Hall–Kier alpha value is -2.83. The van der Waals surface area contributed by atoms with Crippen molar-refractivity contribution in [3.63, 3.8) is 0 Å². The van der Waals surface area contributed by atoms with E-state index in [0.29, 0.717) is 11.4 Å². The fourth-order valence-corrected chi connectivity index (χ4v) is 2.13. The lowest BCUT2D eigenvalue weighted by Gasteiger charge is -2.26. The van der Waals surface area contributed by atoms with Gasteiger partial charge in [-0.05, 0) is 24.6 Å². The van der Waals surface area contributed by atoms with Crippen LogP contribution in [0.25, 0.3) is 0 Å². The number of fused-ring (bicyclic) bond motifs is 1. The van der Waals surface area contributed by atoms with E-state index >= 15 is 0 Å². The second-order valence-corrected chi connectivity index (χ2v) is 4.55. The minimum Gasteiger partial charge on any atom is -0.478 e. The van der Waals surface area contributed by atoms with Crippen LogP contribution in [0.4, 0.5) is 5.69 Å². The normalized spacial score (nSPS) is 17.1. The molecule has 0 aliphatic carbocycles. The Labute approximate surface area is 114 Å². The number of H-pyrrole nitrogens is 1. The van der Waals surface area contributed by atoms with Gasteiger partial charge in [-0.3, -0.25) is 9.89 Å². The van der Waals surface area contributed by atoms with Crippen LogP contribution in [0.2, 0.25) is 0 Å². The number of nitrogens with zero attached hydrogens (tertiary/aromatic N) is 1. The monoisotopic (exact) mass is 272 g/mol. The molecule has 1 aliphatic rings. The van der Waals surface area contributed by atoms with Crippen LogP contribution in [-0.4, -0.2) is 27.2 Å². The van der Waals surface area contributed by atoms with Crippen molar-refractivity contribution in [2.75, 3.05) is 5.32 Å². The first kappa shape index (κ1) is 12.2. The summed E-state index contributed by atoms with van der Waals surface area (Å²) in [6.07, 6.45) is -0.408. The highest BCUT2D eigenvalue weighted by molar-refractivity contribution is 6.00. The molecule has 1 atom stereocenters. The number of aryl methyl sites for hydroxylation is 1. The summed E-state index contributed by atoms with van der Waals surface area (Å²) >= 11 is 0. The fraction of sp³-hybridized carbons (Fsp3) is 0.154. The summed E-state index contributed by atoms with van der Waals surface area (Å²) in [7, 11) is 0. The quantitative estimate of drug-likeness (QED) is 0.658. The lowest BCUT2D eigenvalue weighted by atomic mass is 10.1. The summed E-state index contributed by atoms with van der Waals surface area (Å²) in [5.74, 6) is -1.25. The number of carbonyl (C=O) groups is 2. The van der Waals surface area contributed by atoms with Crippen molar-refractivity contribution in [2.24, 2.45) is 0 Å². The van der Waals surface area contributed by atoms with Crippen molar-refractivity contribution in [3.05, 3.63) is 46.8 Å². The number of hydrogen-bond donors (Lipinski definition) is 4. The van der Waals surface area contributed by atoms with Gasteiger partial charge in [0.25, 0.3) is 5.91 Å². The lowest BCUT2D eigenvalue weighted by molar-refractivity contribution is 0.0696. The number of carboxylic acids is 1. The van der Waals surface area contributed by atoms with Crippen molar-refractivity contribution in [1.82, 2.24) is 15.5 Å². The topological polar surface area (TPSA) is 107 Å². The van der Waals surface area contributed by atoms with Crippen LogP contribution < -0.4 is 10.6 Å². The Morgan fingerprint density at radius 1 is 1.25 bits per heavy atom. The zero-order valence-electron chi connectivity index (χ0n) is 10.6. The number of nitrogens with one attached hydrogen (secondary N) is 3. The molecule has 1 aliphatic heterocycles. The first-order valence-electron chi connectivity index (χ1n) is 6.02. The van der Waals surface area contributed by atoms with Crippen LogP contribution in [-0.2, 0) is 0 Å². The predicted octanol–water partition coefficient (Wildman–Crippen LogP) is 1.27. The van der Waals surface area contributed by atoms with Gasteiger partial charge in [-0.2, -0.15) is 5.10 Å². The van der Waals surface area contributed by atoms with Crippen LogP contribution in [0.5, 0.6) is 0 Å². The van der Waals surface area contributed by atoms with Gasteiger partial charge in [-0.25, -0.2) is 4.79 Å². The predicted molar refractivity (Wildman–Crippen MR) is 70.6 cm³/mol. The van der Waals surface area contributed by atoms with E-state index in [1.807, 2.05) is 6.92 Å². The van der Waals surface area contributed by atoms with Gasteiger partial charge in [0, 0.05) is 0 Å². The highest BCUT2D eigenvalue weighted by atomic mass is 16.4. The second kappa shape index (κ2) is 4.37. The van der Waals surface area contributed by atoms with Crippen LogP contribution in [0, 0.1) is 6.92 Å². The minimum absolute atomic E-state index is 0.205. The molecule has 0 spiro atoms. The van der Waals surface area contributed by atoms with Gasteiger partial charge in [0.15, 0.2) is 5.69 Å². The number of rotatable bonds is 2. The molecule has 7 heteroatoms. The van der Waals surface area contributed by atoms with E-state index in [1.165, 1.54) is 12.1 Å². The third-order valence-electron chi connectivity index (χ3n) is 3.22. The van der Waals surface area contributed by atoms with Gasteiger partial charge < -0.3 is 15.7 Å². The molecule has 0 saturated heterocycles. The van der Waals surface area contributed by atoms with Crippen LogP contribution in [0.3, 0.4) is 0 Å². The minimum atomic E-state index is -0.981. The van der Waals surface area contributed by atoms with Crippen LogP contribution in [0.1, 0.15) is 38.3 Å². The molecule has 1 aromatic heterocycles. The van der Waals surface area contributed by atoms with Crippen molar-refractivity contribution in [1.29, 1.82) is 0 Å². The Morgan fingerprint density at radius 3 is 2.60 bits per heavy atom. The average molecular weight is 272 g/mol. The summed E-state index contributed by atoms with van der Waals surface area (Å²) in [5, 5.41) is 21.5. The third-order valence-corrected chi connectivity index (χ3v) is 3.22. The molecule has 0 saturated carbocycles. The maximum absolute atomic E-state index is 11.9. The largest absolute Gasteiger partial charge is 0.478 e. The maximum atomic E-state index is 11.9. The second-order valence-electron chi connectivity index (χ2n) is 4.55.